The average Bonchev–Trinajstić information content (AvgIpc) is 2.92. The van der Waals surface area contributed by atoms with E-state index in [1.54, 1.807) is 0 Å². The summed E-state index contributed by atoms with van der Waals surface area (Å²) < 4.78 is 1.15. The van der Waals surface area contributed by atoms with Crippen LogP contribution in [0.2, 0.25) is 0 Å². The van der Waals surface area contributed by atoms with Crippen LogP contribution in [0.25, 0.3) is 0 Å². The van der Waals surface area contributed by atoms with E-state index < -0.39 is 0 Å². The third-order valence-corrected chi connectivity index (χ3v) is 5.00. The summed E-state index contributed by atoms with van der Waals surface area (Å²) in [7, 11) is 0. The minimum Gasteiger partial charge on any atom is -0.311 e. The lowest BCUT2D eigenvalue weighted by molar-refractivity contribution is 0.399. The molecule has 1 nitrogen and oxygen atoms in total. The molecule has 1 aromatic heterocycles. The van der Waals surface area contributed by atoms with Crippen molar-refractivity contribution < 1.29 is 0 Å². The Morgan fingerprint density at radius 3 is 2.43 bits per heavy atom. The Kier molecular flexibility index (Phi) is 6.03. The monoisotopic (exact) mass is 365 g/mol. The third kappa shape index (κ3) is 5.93. The second-order valence-electron chi connectivity index (χ2n) is 6.50. The molecule has 2 rings (SSSR count). The number of rotatable bonds is 6. The highest BCUT2D eigenvalue weighted by Gasteiger charge is 2.16. The fraction of sp³-hybridized carbons (Fsp3) is 0.444. The Morgan fingerprint density at radius 2 is 1.86 bits per heavy atom. The molecule has 0 aliphatic carbocycles. The van der Waals surface area contributed by atoms with Gasteiger partial charge in [-0.25, -0.2) is 0 Å². The minimum atomic E-state index is 0.163. The normalized spacial score (nSPS) is 13.3. The molecule has 3 heteroatoms. The zero-order chi connectivity index (χ0) is 15.3. The van der Waals surface area contributed by atoms with Gasteiger partial charge in [-0.1, -0.05) is 34.1 Å². The summed E-state index contributed by atoms with van der Waals surface area (Å²) in [6.07, 6.45) is 2.34. The first-order valence-electron chi connectivity index (χ1n) is 7.47. The summed E-state index contributed by atoms with van der Waals surface area (Å²) in [5.41, 5.74) is 1.59. The van der Waals surface area contributed by atoms with Gasteiger partial charge in [0.05, 0.1) is 0 Å². The van der Waals surface area contributed by atoms with Crippen LogP contribution in [-0.2, 0) is 6.42 Å². The van der Waals surface area contributed by atoms with Crippen LogP contribution >= 0.6 is 27.3 Å². The summed E-state index contributed by atoms with van der Waals surface area (Å²) in [6, 6.07) is 13.2. The topological polar surface area (TPSA) is 12.0 Å². The Labute approximate surface area is 140 Å². The third-order valence-electron chi connectivity index (χ3n) is 3.54. The average molecular weight is 366 g/mol. The first-order valence-corrected chi connectivity index (χ1v) is 9.14. The van der Waals surface area contributed by atoms with Gasteiger partial charge in [-0.3, -0.25) is 0 Å². The molecule has 1 aromatic carbocycles. The van der Waals surface area contributed by atoms with E-state index in [0.717, 1.165) is 17.4 Å². The van der Waals surface area contributed by atoms with E-state index in [-0.39, 0.29) is 5.54 Å². The van der Waals surface area contributed by atoms with Crippen LogP contribution in [0.3, 0.4) is 0 Å². The van der Waals surface area contributed by atoms with Crippen LogP contribution in [-0.4, -0.2) is 12.1 Å². The van der Waals surface area contributed by atoms with E-state index in [9.17, 15) is 0 Å². The molecule has 0 fully saturated rings. The summed E-state index contributed by atoms with van der Waals surface area (Å²) in [5.74, 6) is 0.555. The number of nitrogens with one attached hydrogen (secondary N) is 1. The Bertz CT molecular complexity index is 525. The van der Waals surface area contributed by atoms with Crippen molar-refractivity contribution in [3.63, 3.8) is 0 Å². The quantitative estimate of drug-likeness (QED) is 0.700. The highest BCUT2D eigenvalue weighted by Crippen LogP contribution is 2.25. The molecule has 0 bridgehead atoms. The van der Waals surface area contributed by atoms with Crippen LogP contribution < -0.4 is 5.32 Å². The van der Waals surface area contributed by atoms with E-state index in [0.29, 0.717) is 5.92 Å². The maximum absolute atomic E-state index is 3.66. The van der Waals surface area contributed by atoms with E-state index in [2.05, 4.69) is 83.8 Å². The molecule has 0 spiro atoms. The Balaban J connectivity index is 2.03. The highest BCUT2D eigenvalue weighted by atomic mass is 79.9. The standard InChI is InChI=1S/C18H24BrNS/c1-18(2,3)20-13-15(8-11-17-5-4-12-21-17)14-6-9-16(19)10-7-14/h4-7,9-10,12,15,20H,8,11,13H2,1-3H3. The predicted molar refractivity (Wildman–Crippen MR) is 97.3 cm³/mol. The van der Waals surface area contributed by atoms with Crippen molar-refractivity contribution in [2.45, 2.75) is 45.1 Å². The van der Waals surface area contributed by atoms with Gasteiger partial charge in [-0.05, 0) is 68.7 Å². The zero-order valence-electron chi connectivity index (χ0n) is 13.0. The van der Waals surface area contributed by atoms with Gasteiger partial charge >= 0.3 is 0 Å². The minimum absolute atomic E-state index is 0.163. The molecule has 0 radical (unpaired) electrons. The van der Waals surface area contributed by atoms with Gasteiger partial charge in [0.25, 0.3) is 0 Å². The van der Waals surface area contributed by atoms with Crippen molar-refractivity contribution in [2.75, 3.05) is 6.54 Å². The van der Waals surface area contributed by atoms with Crippen molar-refractivity contribution >= 4 is 27.3 Å². The van der Waals surface area contributed by atoms with Crippen LogP contribution in [0.4, 0.5) is 0 Å². The Morgan fingerprint density at radius 1 is 1.14 bits per heavy atom. The van der Waals surface area contributed by atoms with Gasteiger partial charge in [0.2, 0.25) is 0 Å². The van der Waals surface area contributed by atoms with Crippen molar-refractivity contribution in [1.82, 2.24) is 5.32 Å². The second kappa shape index (κ2) is 7.57. The molecule has 1 N–H and O–H groups in total. The second-order valence-corrected chi connectivity index (χ2v) is 8.45. The molecule has 0 aliphatic rings. The maximum atomic E-state index is 3.66. The molecular weight excluding hydrogens is 342 g/mol. The maximum Gasteiger partial charge on any atom is 0.0175 e. The van der Waals surface area contributed by atoms with Gasteiger partial charge in [-0.2, -0.15) is 0 Å². The Hall–Kier alpha value is -0.640. The molecule has 2 aromatic rings. The predicted octanol–water partition coefficient (Wildman–Crippen LogP) is 5.62. The molecule has 1 heterocycles. The first kappa shape index (κ1) is 16.7. The first-order chi connectivity index (χ1) is 9.94. The zero-order valence-corrected chi connectivity index (χ0v) is 15.4. The van der Waals surface area contributed by atoms with Crippen molar-refractivity contribution in [3.05, 3.63) is 56.7 Å². The molecule has 0 saturated carbocycles. The lowest BCUT2D eigenvalue weighted by atomic mass is 9.93. The molecular formula is C18H24BrNS. The van der Waals surface area contributed by atoms with Crippen molar-refractivity contribution in [3.8, 4) is 0 Å². The molecule has 21 heavy (non-hydrogen) atoms. The summed E-state index contributed by atoms with van der Waals surface area (Å²) in [6.45, 7) is 7.71. The van der Waals surface area contributed by atoms with Gasteiger partial charge in [-0.15, -0.1) is 11.3 Å². The number of halogens is 1. The van der Waals surface area contributed by atoms with Crippen LogP contribution in [0.15, 0.2) is 46.3 Å². The van der Waals surface area contributed by atoms with Crippen LogP contribution in [0.5, 0.6) is 0 Å². The lowest BCUT2D eigenvalue weighted by Crippen LogP contribution is -2.38. The molecule has 1 unspecified atom stereocenters. The summed E-state index contributed by atoms with van der Waals surface area (Å²) >= 11 is 5.38. The lowest BCUT2D eigenvalue weighted by Gasteiger charge is -2.25. The van der Waals surface area contributed by atoms with E-state index in [4.69, 9.17) is 0 Å². The number of hydrogen-bond acceptors (Lipinski definition) is 2. The van der Waals surface area contributed by atoms with E-state index in [1.807, 2.05) is 11.3 Å². The summed E-state index contributed by atoms with van der Waals surface area (Å²) in [5, 5.41) is 5.82. The fourth-order valence-corrected chi connectivity index (χ4v) is 3.31. The number of thiophene rings is 1. The number of benzene rings is 1. The highest BCUT2D eigenvalue weighted by molar-refractivity contribution is 9.10. The molecule has 0 saturated heterocycles. The van der Waals surface area contributed by atoms with Gasteiger partial charge < -0.3 is 5.32 Å². The molecule has 1 atom stereocenters. The van der Waals surface area contributed by atoms with E-state index in [1.165, 1.54) is 16.9 Å². The molecule has 114 valence electrons. The SMILES string of the molecule is CC(C)(C)NCC(CCc1cccs1)c1ccc(Br)cc1. The van der Waals surface area contributed by atoms with Crippen LogP contribution in [0, 0.1) is 0 Å². The fourth-order valence-electron chi connectivity index (χ4n) is 2.32. The van der Waals surface area contributed by atoms with Crippen molar-refractivity contribution in [2.24, 2.45) is 0 Å². The van der Waals surface area contributed by atoms with Gasteiger partial charge in [0.1, 0.15) is 0 Å². The van der Waals surface area contributed by atoms with Gasteiger partial charge in [0, 0.05) is 21.4 Å². The van der Waals surface area contributed by atoms with Crippen molar-refractivity contribution in [1.29, 1.82) is 0 Å². The molecule has 0 aliphatic heterocycles. The number of hydrogen-bond donors (Lipinski definition) is 1. The largest absolute Gasteiger partial charge is 0.311 e. The van der Waals surface area contributed by atoms with Gasteiger partial charge in [0.15, 0.2) is 0 Å². The summed E-state index contributed by atoms with van der Waals surface area (Å²) in [4.78, 5) is 1.48. The van der Waals surface area contributed by atoms with Crippen LogP contribution in [0.1, 0.15) is 43.6 Å². The van der Waals surface area contributed by atoms with E-state index >= 15 is 0 Å². The smallest absolute Gasteiger partial charge is 0.0175 e. The molecule has 0 amide bonds. The number of aryl methyl sites for hydroxylation is 1.